The molecule has 1 aromatic carbocycles. The molecule has 1 atom stereocenters. The number of fused-ring (bicyclic) bond motifs is 1. The van der Waals surface area contributed by atoms with Crippen LogP contribution >= 0.6 is 0 Å². The lowest BCUT2D eigenvalue weighted by Gasteiger charge is -2.17. The second-order valence-corrected chi connectivity index (χ2v) is 6.19. The molecule has 126 valence electrons. The van der Waals surface area contributed by atoms with Gasteiger partial charge in [0.05, 0.1) is 6.54 Å². The topological polar surface area (TPSA) is 41.6 Å². The third-order valence-electron chi connectivity index (χ3n) is 4.22. The molecular formula is C16H19F3N2O2. The molecule has 2 aliphatic heterocycles. The second kappa shape index (κ2) is 6.49. The summed E-state index contributed by atoms with van der Waals surface area (Å²) in [5.41, 5.74) is 2.25. The predicted octanol–water partition coefficient (Wildman–Crippen LogP) is 2.93. The Balaban J connectivity index is 1.64. The van der Waals surface area contributed by atoms with Crippen molar-refractivity contribution in [3.05, 3.63) is 29.3 Å². The maximum atomic E-state index is 12.5. The molecule has 3 rings (SSSR count). The first-order valence-electron chi connectivity index (χ1n) is 7.68. The number of rotatable bonds is 4. The summed E-state index contributed by atoms with van der Waals surface area (Å²) in [6, 6.07) is 5.33. The van der Waals surface area contributed by atoms with E-state index in [1.807, 2.05) is 6.07 Å². The zero-order valence-corrected chi connectivity index (χ0v) is 12.7. The lowest BCUT2D eigenvalue weighted by atomic mass is 10.0. The molecule has 0 spiro atoms. The van der Waals surface area contributed by atoms with E-state index in [4.69, 9.17) is 4.74 Å². The fourth-order valence-electron chi connectivity index (χ4n) is 3.18. The van der Waals surface area contributed by atoms with Crippen LogP contribution in [0.15, 0.2) is 18.2 Å². The Kier molecular flexibility index (Phi) is 4.59. The molecule has 0 bridgehead atoms. The van der Waals surface area contributed by atoms with E-state index >= 15 is 0 Å². The molecule has 0 radical (unpaired) electrons. The predicted molar refractivity (Wildman–Crippen MR) is 78.8 cm³/mol. The maximum Gasteiger partial charge on any atom is 0.401 e. The summed E-state index contributed by atoms with van der Waals surface area (Å²) in [5.74, 6) is 0.122. The number of alkyl halides is 3. The summed E-state index contributed by atoms with van der Waals surface area (Å²) in [5, 5.41) is 2.85. The molecule has 1 aromatic rings. The molecule has 2 aliphatic rings. The summed E-state index contributed by atoms with van der Waals surface area (Å²) in [6.45, 7) is 0.812. The highest BCUT2D eigenvalue weighted by molar-refractivity contribution is 5.92. The minimum Gasteiger partial charge on any atom is -0.381 e. The molecule has 0 aromatic heterocycles. The van der Waals surface area contributed by atoms with Crippen LogP contribution < -0.4 is 5.32 Å². The summed E-state index contributed by atoms with van der Waals surface area (Å²) in [7, 11) is 0. The summed E-state index contributed by atoms with van der Waals surface area (Å²) in [6.07, 6.45) is -2.95. The molecule has 4 nitrogen and oxygen atoms in total. The molecule has 23 heavy (non-hydrogen) atoms. The van der Waals surface area contributed by atoms with Gasteiger partial charge in [0, 0.05) is 38.4 Å². The van der Waals surface area contributed by atoms with E-state index in [-0.39, 0.29) is 24.9 Å². The molecule has 2 heterocycles. The molecule has 7 heteroatoms. The largest absolute Gasteiger partial charge is 0.401 e. The van der Waals surface area contributed by atoms with Crippen LogP contribution in [0.3, 0.4) is 0 Å². The van der Waals surface area contributed by atoms with Crippen molar-refractivity contribution in [1.29, 1.82) is 0 Å². The van der Waals surface area contributed by atoms with Gasteiger partial charge in [-0.2, -0.15) is 13.2 Å². The smallest absolute Gasteiger partial charge is 0.381 e. The highest BCUT2D eigenvalue weighted by Gasteiger charge is 2.34. The number of carbonyl (C=O) groups excluding carboxylic acids is 1. The van der Waals surface area contributed by atoms with Gasteiger partial charge in [0.15, 0.2) is 0 Å². The SMILES string of the molecule is O=C(C[C@H]1CCOC1)Nc1cccc2c1CN(CC(F)(F)F)C2. The van der Waals surface area contributed by atoms with Crippen LogP contribution in [0.1, 0.15) is 24.0 Å². The van der Waals surface area contributed by atoms with E-state index in [0.29, 0.717) is 25.3 Å². The fourth-order valence-corrected chi connectivity index (χ4v) is 3.18. The highest BCUT2D eigenvalue weighted by atomic mass is 19.4. The number of nitrogens with zero attached hydrogens (tertiary/aromatic N) is 1. The zero-order valence-electron chi connectivity index (χ0n) is 12.7. The number of ether oxygens (including phenoxy) is 1. The van der Waals surface area contributed by atoms with Crippen molar-refractivity contribution in [3.8, 4) is 0 Å². The third kappa shape index (κ3) is 4.23. The monoisotopic (exact) mass is 328 g/mol. The molecule has 0 saturated carbocycles. The van der Waals surface area contributed by atoms with Crippen molar-refractivity contribution in [2.24, 2.45) is 5.92 Å². The van der Waals surface area contributed by atoms with E-state index in [0.717, 1.165) is 17.5 Å². The number of nitrogens with one attached hydrogen (secondary N) is 1. The van der Waals surface area contributed by atoms with Crippen molar-refractivity contribution in [1.82, 2.24) is 4.90 Å². The van der Waals surface area contributed by atoms with Gasteiger partial charge >= 0.3 is 6.18 Å². The van der Waals surface area contributed by atoms with E-state index in [1.54, 1.807) is 12.1 Å². The summed E-state index contributed by atoms with van der Waals surface area (Å²) < 4.78 is 42.9. The Morgan fingerprint density at radius 3 is 2.87 bits per heavy atom. The Bertz CT molecular complexity index is 583. The van der Waals surface area contributed by atoms with Crippen LogP contribution in [0, 0.1) is 5.92 Å². The molecule has 0 unspecified atom stereocenters. The van der Waals surface area contributed by atoms with Crippen LogP contribution in [-0.4, -0.2) is 36.7 Å². The maximum absolute atomic E-state index is 12.5. The first kappa shape index (κ1) is 16.3. The fraction of sp³-hybridized carbons (Fsp3) is 0.562. The quantitative estimate of drug-likeness (QED) is 0.924. The zero-order chi connectivity index (χ0) is 16.4. The van der Waals surface area contributed by atoms with Crippen LogP contribution in [0.5, 0.6) is 0 Å². The molecular weight excluding hydrogens is 309 g/mol. The van der Waals surface area contributed by atoms with Gasteiger partial charge in [-0.3, -0.25) is 9.69 Å². The summed E-state index contributed by atoms with van der Waals surface area (Å²) in [4.78, 5) is 13.5. The standard InChI is InChI=1S/C16H19F3N2O2/c17-16(18,19)10-21-7-12-2-1-3-14(13(12)8-21)20-15(22)6-11-4-5-23-9-11/h1-3,11H,4-10H2,(H,20,22)/t11-/m1/s1. The van der Waals surface area contributed by atoms with Crippen molar-refractivity contribution < 1.29 is 22.7 Å². The number of anilines is 1. The number of carbonyl (C=O) groups is 1. The van der Waals surface area contributed by atoms with E-state index in [2.05, 4.69) is 5.32 Å². The van der Waals surface area contributed by atoms with Crippen molar-refractivity contribution in [3.63, 3.8) is 0 Å². The number of amides is 1. The number of benzene rings is 1. The van der Waals surface area contributed by atoms with Crippen LogP contribution in [-0.2, 0) is 22.6 Å². The lowest BCUT2D eigenvalue weighted by molar-refractivity contribution is -0.147. The van der Waals surface area contributed by atoms with Crippen LogP contribution in [0.4, 0.5) is 18.9 Å². The lowest BCUT2D eigenvalue weighted by Crippen LogP contribution is -2.30. The Morgan fingerprint density at radius 2 is 2.17 bits per heavy atom. The minimum absolute atomic E-state index is 0.108. The van der Waals surface area contributed by atoms with Crippen LogP contribution in [0.25, 0.3) is 0 Å². The number of hydrogen-bond acceptors (Lipinski definition) is 3. The van der Waals surface area contributed by atoms with Crippen molar-refractivity contribution in [2.45, 2.75) is 32.1 Å². The highest BCUT2D eigenvalue weighted by Crippen LogP contribution is 2.31. The average molecular weight is 328 g/mol. The van der Waals surface area contributed by atoms with Gasteiger partial charge in [0.25, 0.3) is 0 Å². The van der Waals surface area contributed by atoms with Crippen LogP contribution in [0.2, 0.25) is 0 Å². The number of hydrogen-bond donors (Lipinski definition) is 1. The molecule has 0 aliphatic carbocycles. The Labute approximate surface area is 132 Å². The van der Waals surface area contributed by atoms with Crippen molar-refractivity contribution >= 4 is 11.6 Å². The minimum atomic E-state index is -4.21. The van der Waals surface area contributed by atoms with Gasteiger partial charge in [0.2, 0.25) is 5.91 Å². The van der Waals surface area contributed by atoms with Gasteiger partial charge in [-0.1, -0.05) is 12.1 Å². The van der Waals surface area contributed by atoms with E-state index < -0.39 is 12.7 Å². The molecule has 1 fully saturated rings. The van der Waals surface area contributed by atoms with Gasteiger partial charge in [-0.15, -0.1) is 0 Å². The van der Waals surface area contributed by atoms with Gasteiger partial charge in [0.1, 0.15) is 0 Å². The normalized spacial score (nSPS) is 21.4. The van der Waals surface area contributed by atoms with Gasteiger partial charge < -0.3 is 10.1 Å². The molecule has 1 N–H and O–H groups in total. The Morgan fingerprint density at radius 1 is 1.35 bits per heavy atom. The number of halogens is 3. The first-order chi connectivity index (χ1) is 10.9. The average Bonchev–Trinajstić information content (AvgIpc) is 3.06. The molecule has 1 saturated heterocycles. The van der Waals surface area contributed by atoms with Gasteiger partial charge in [-0.25, -0.2) is 0 Å². The third-order valence-corrected chi connectivity index (χ3v) is 4.22. The van der Waals surface area contributed by atoms with Gasteiger partial charge in [-0.05, 0) is 29.5 Å². The van der Waals surface area contributed by atoms with E-state index in [9.17, 15) is 18.0 Å². The molecule has 1 amide bonds. The Hall–Kier alpha value is -1.60. The summed E-state index contributed by atoms with van der Waals surface area (Å²) >= 11 is 0. The van der Waals surface area contributed by atoms with Crippen molar-refractivity contribution in [2.75, 3.05) is 25.1 Å². The second-order valence-electron chi connectivity index (χ2n) is 6.19. The first-order valence-corrected chi connectivity index (χ1v) is 7.68. The van der Waals surface area contributed by atoms with E-state index in [1.165, 1.54) is 4.90 Å².